The number of hydrogen-bond donors (Lipinski definition) is 1. The number of rotatable bonds is 7. The summed E-state index contributed by atoms with van der Waals surface area (Å²) in [5.74, 6) is -1.96. The molecule has 9 nitrogen and oxygen atoms in total. The monoisotopic (exact) mass is 657 g/mol. The van der Waals surface area contributed by atoms with Crippen LogP contribution in [0.2, 0.25) is 0 Å². The van der Waals surface area contributed by atoms with Crippen LogP contribution >= 0.6 is 0 Å². The molecule has 4 aliphatic rings. The highest BCUT2D eigenvalue weighted by Gasteiger charge is 2.56. The second-order valence-electron chi connectivity index (χ2n) is 12.7. The van der Waals surface area contributed by atoms with Gasteiger partial charge in [-0.15, -0.1) is 0 Å². The number of imide groups is 1. The van der Waals surface area contributed by atoms with E-state index in [-0.39, 0.29) is 41.3 Å². The molecule has 2 amide bonds. The summed E-state index contributed by atoms with van der Waals surface area (Å²) >= 11 is 0. The lowest BCUT2D eigenvalue weighted by Crippen LogP contribution is -2.39. The standard InChI is InChI=1S/C40H35NO8/c1-21-17-31(42)30-20-29-27(35(37(30)38(21)44)24-9-15-34(49-4)32(43)19-24)13-14-28-36(29)40(46)41(39(28)45)25-10-6-22(7-11-25)5-8-23-18-26(47-2)12-16-33(23)48-3/h5-13,15-19,28-29,35-36,43H,14,20H2,1-4H3/t28-,29+,35-,36-/m0/s1. The van der Waals surface area contributed by atoms with Gasteiger partial charge >= 0.3 is 0 Å². The van der Waals surface area contributed by atoms with E-state index in [0.29, 0.717) is 45.9 Å². The van der Waals surface area contributed by atoms with Crippen molar-refractivity contribution in [3.63, 3.8) is 0 Å². The summed E-state index contributed by atoms with van der Waals surface area (Å²) in [5, 5.41) is 10.7. The number of phenols is 1. The van der Waals surface area contributed by atoms with Crippen molar-refractivity contribution in [2.75, 3.05) is 26.2 Å². The Bertz CT molecular complexity index is 2050. The molecule has 0 bridgehead atoms. The van der Waals surface area contributed by atoms with Crippen molar-refractivity contribution in [3.8, 4) is 23.0 Å². The van der Waals surface area contributed by atoms with E-state index in [1.807, 2.05) is 48.6 Å². The molecule has 0 radical (unpaired) electrons. The highest BCUT2D eigenvalue weighted by atomic mass is 16.5. The first-order valence-electron chi connectivity index (χ1n) is 16.1. The zero-order valence-corrected chi connectivity index (χ0v) is 27.6. The van der Waals surface area contributed by atoms with Crippen molar-refractivity contribution in [2.24, 2.45) is 17.8 Å². The van der Waals surface area contributed by atoms with E-state index in [4.69, 9.17) is 14.2 Å². The van der Waals surface area contributed by atoms with Crippen LogP contribution < -0.4 is 19.1 Å². The Hall–Kier alpha value is -5.70. The molecule has 0 aromatic heterocycles. The maximum Gasteiger partial charge on any atom is 0.238 e. The van der Waals surface area contributed by atoms with Gasteiger partial charge in [0.1, 0.15) is 11.5 Å². The van der Waals surface area contributed by atoms with Crippen molar-refractivity contribution in [2.45, 2.75) is 25.7 Å². The number of carbonyl (C=O) groups excluding carboxylic acids is 4. The average Bonchev–Trinajstić information content (AvgIpc) is 3.37. The summed E-state index contributed by atoms with van der Waals surface area (Å²) < 4.78 is 16.1. The third kappa shape index (κ3) is 5.26. The van der Waals surface area contributed by atoms with E-state index in [0.717, 1.165) is 16.7 Å². The first-order chi connectivity index (χ1) is 23.6. The van der Waals surface area contributed by atoms with Crippen LogP contribution in [0.1, 0.15) is 42.4 Å². The number of anilines is 1. The quantitative estimate of drug-likeness (QED) is 0.138. The molecule has 3 aliphatic carbocycles. The van der Waals surface area contributed by atoms with E-state index in [2.05, 4.69) is 0 Å². The summed E-state index contributed by atoms with van der Waals surface area (Å²) in [6.45, 7) is 1.62. The minimum Gasteiger partial charge on any atom is -0.504 e. The zero-order chi connectivity index (χ0) is 34.6. The van der Waals surface area contributed by atoms with Gasteiger partial charge in [-0.3, -0.25) is 24.1 Å². The molecular weight excluding hydrogens is 622 g/mol. The Labute approximate surface area is 283 Å². The minimum atomic E-state index is -0.703. The van der Waals surface area contributed by atoms with Gasteiger partial charge in [-0.25, -0.2) is 0 Å². The van der Waals surface area contributed by atoms with E-state index in [9.17, 15) is 24.3 Å². The maximum atomic E-state index is 14.3. The SMILES string of the molecule is COc1ccc(OC)c(C=Cc2ccc(N3C(=O)[C@H]4[C@H](CC=C5[C@H](c6ccc(OC)c(O)c6)C6=C(C[C@H]54)C(=O)C=C(C)C6=O)C3=O)cc2)c1. The number of hydrogen-bond acceptors (Lipinski definition) is 8. The Morgan fingerprint density at radius 3 is 2.24 bits per heavy atom. The van der Waals surface area contributed by atoms with Gasteiger partial charge in [0.25, 0.3) is 0 Å². The molecule has 1 heterocycles. The first-order valence-corrected chi connectivity index (χ1v) is 16.1. The highest BCUT2D eigenvalue weighted by Crippen LogP contribution is 2.56. The van der Waals surface area contributed by atoms with Crippen LogP contribution in [0.3, 0.4) is 0 Å². The summed E-state index contributed by atoms with van der Waals surface area (Å²) in [7, 11) is 4.65. The fourth-order valence-electron chi connectivity index (χ4n) is 7.77. The topological polar surface area (TPSA) is 119 Å². The van der Waals surface area contributed by atoms with Crippen molar-refractivity contribution in [3.05, 3.63) is 112 Å². The van der Waals surface area contributed by atoms with Gasteiger partial charge in [-0.05, 0) is 85.4 Å². The Morgan fingerprint density at radius 1 is 0.816 bits per heavy atom. The molecule has 0 unspecified atom stereocenters. The van der Waals surface area contributed by atoms with Crippen LogP contribution in [0, 0.1) is 17.8 Å². The number of ether oxygens (including phenoxy) is 3. The minimum absolute atomic E-state index is 0.0976. The van der Waals surface area contributed by atoms with Crippen LogP contribution in [0.15, 0.2) is 95.1 Å². The molecule has 49 heavy (non-hydrogen) atoms. The summed E-state index contributed by atoms with van der Waals surface area (Å²) in [4.78, 5) is 56.5. The number of Topliss-reactive ketones (excluding diaryl/α,β-unsaturated/α-hetero) is 1. The molecule has 4 atom stereocenters. The van der Waals surface area contributed by atoms with Gasteiger partial charge in [0, 0.05) is 28.2 Å². The van der Waals surface area contributed by atoms with Crippen molar-refractivity contribution >= 4 is 41.2 Å². The number of fused-ring (bicyclic) bond motifs is 3. The molecule has 1 aliphatic heterocycles. The number of carbonyl (C=O) groups is 4. The lowest BCUT2D eigenvalue weighted by molar-refractivity contribution is -0.123. The molecule has 9 heteroatoms. The molecule has 0 spiro atoms. The zero-order valence-electron chi connectivity index (χ0n) is 27.6. The number of ketones is 2. The number of aromatic hydroxyl groups is 1. The number of amides is 2. The fourth-order valence-corrected chi connectivity index (χ4v) is 7.77. The second kappa shape index (κ2) is 12.4. The number of benzene rings is 3. The molecule has 7 rings (SSSR count). The van der Waals surface area contributed by atoms with Crippen LogP contribution in [0.25, 0.3) is 12.2 Å². The van der Waals surface area contributed by atoms with E-state index in [1.165, 1.54) is 18.1 Å². The molecule has 1 saturated heterocycles. The van der Waals surface area contributed by atoms with Crippen molar-refractivity contribution in [1.29, 1.82) is 0 Å². The van der Waals surface area contributed by atoms with Crippen LogP contribution in [-0.2, 0) is 19.2 Å². The normalized spacial score (nSPS) is 23.2. The van der Waals surface area contributed by atoms with E-state index >= 15 is 0 Å². The average molecular weight is 658 g/mol. The van der Waals surface area contributed by atoms with Crippen molar-refractivity contribution < 1.29 is 38.5 Å². The summed E-state index contributed by atoms with van der Waals surface area (Å²) in [5.41, 5.74) is 4.67. The summed E-state index contributed by atoms with van der Waals surface area (Å²) in [6.07, 6.45) is 7.63. The Balaban J connectivity index is 1.21. The number of nitrogens with zero attached hydrogens (tertiary/aromatic N) is 1. The third-order valence-electron chi connectivity index (χ3n) is 10.1. The van der Waals surface area contributed by atoms with Crippen LogP contribution in [-0.4, -0.2) is 49.8 Å². The molecule has 1 N–H and O–H groups in total. The molecule has 0 saturated carbocycles. The fraction of sp³-hybridized carbons (Fsp3) is 0.250. The molecule has 248 valence electrons. The third-order valence-corrected chi connectivity index (χ3v) is 10.1. The van der Waals surface area contributed by atoms with E-state index in [1.54, 1.807) is 51.5 Å². The van der Waals surface area contributed by atoms with Gasteiger partial charge < -0.3 is 19.3 Å². The molecule has 1 fully saturated rings. The maximum absolute atomic E-state index is 14.3. The highest BCUT2D eigenvalue weighted by molar-refractivity contribution is 6.25. The number of allylic oxidation sites excluding steroid dienone is 6. The van der Waals surface area contributed by atoms with Gasteiger partial charge in [-0.2, -0.15) is 0 Å². The van der Waals surface area contributed by atoms with Crippen LogP contribution in [0.4, 0.5) is 5.69 Å². The molecule has 3 aromatic rings. The Morgan fingerprint density at radius 2 is 1.55 bits per heavy atom. The lowest BCUT2D eigenvalue weighted by atomic mass is 9.59. The van der Waals surface area contributed by atoms with Gasteiger partial charge in [0.05, 0.1) is 38.9 Å². The Kier molecular flexibility index (Phi) is 8.06. The smallest absolute Gasteiger partial charge is 0.238 e. The first kappa shape index (κ1) is 31.9. The number of phenolic OH excluding ortho intramolecular Hbond substituents is 1. The van der Waals surface area contributed by atoms with Crippen molar-refractivity contribution in [1.82, 2.24) is 0 Å². The largest absolute Gasteiger partial charge is 0.504 e. The predicted octanol–water partition coefficient (Wildman–Crippen LogP) is 6.22. The predicted molar refractivity (Wildman–Crippen MR) is 183 cm³/mol. The molecular formula is C40H35NO8. The van der Waals surface area contributed by atoms with Gasteiger partial charge in [0.15, 0.2) is 23.1 Å². The number of methoxy groups -OCH3 is 3. The second-order valence-corrected chi connectivity index (χ2v) is 12.7. The summed E-state index contributed by atoms with van der Waals surface area (Å²) in [6, 6.07) is 17.7. The van der Waals surface area contributed by atoms with E-state index < -0.39 is 23.7 Å². The van der Waals surface area contributed by atoms with Gasteiger partial charge in [-0.1, -0.05) is 42.0 Å². The van der Waals surface area contributed by atoms with Crippen LogP contribution in [0.5, 0.6) is 23.0 Å². The van der Waals surface area contributed by atoms with Gasteiger partial charge in [0.2, 0.25) is 11.8 Å². The lowest BCUT2D eigenvalue weighted by Gasteiger charge is -2.42. The molecule has 3 aromatic carbocycles.